The summed E-state index contributed by atoms with van der Waals surface area (Å²) < 4.78 is 5.39. The van der Waals surface area contributed by atoms with E-state index in [0.717, 1.165) is 29.5 Å². The SMILES string of the molecule is Cc1cc2oc(=O)cc(CSC(N)=NCCC(C)C)c2cc1C(C)C. The van der Waals surface area contributed by atoms with E-state index in [2.05, 4.69) is 45.7 Å². The van der Waals surface area contributed by atoms with Crippen LogP contribution in [0.25, 0.3) is 11.0 Å². The lowest BCUT2D eigenvalue weighted by atomic mass is 9.95. The lowest BCUT2D eigenvalue weighted by Crippen LogP contribution is -2.09. The fourth-order valence-corrected chi connectivity index (χ4v) is 3.49. The Morgan fingerprint density at radius 1 is 1.24 bits per heavy atom. The van der Waals surface area contributed by atoms with Gasteiger partial charge in [0.25, 0.3) is 0 Å². The minimum atomic E-state index is -0.324. The highest BCUT2D eigenvalue weighted by Crippen LogP contribution is 2.28. The van der Waals surface area contributed by atoms with Gasteiger partial charge in [-0.1, -0.05) is 39.5 Å². The largest absolute Gasteiger partial charge is 0.423 e. The summed E-state index contributed by atoms with van der Waals surface area (Å²) in [6.07, 6.45) is 1.02. The van der Waals surface area contributed by atoms with E-state index < -0.39 is 0 Å². The summed E-state index contributed by atoms with van der Waals surface area (Å²) in [4.78, 5) is 16.3. The van der Waals surface area contributed by atoms with Crippen LogP contribution in [0.5, 0.6) is 0 Å². The predicted molar refractivity (Wildman–Crippen MR) is 109 cm³/mol. The molecule has 1 aromatic heterocycles. The van der Waals surface area contributed by atoms with Gasteiger partial charge in [-0.2, -0.15) is 0 Å². The molecule has 5 heteroatoms. The summed E-state index contributed by atoms with van der Waals surface area (Å²) in [6, 6.07) is 5.66. The van der Waals surface area contributed by atoms with Crippen LogP contribution >= 0.6 is 11.8 Å². The van der Waals surface area contributed by atoms with Crippen LogP contribution in [-0.4, -0.2) is 11.7 Å². The van der Waals surface area contributed by atoms with Crippen LogP contribution in [0.4, 0.5) is 0 Å². The van der Waals surface area contributed by atoms with Crippen molar-refractivity contribution in [1.82, 2.24) is 0 Å². The van der Waals surface area contributed by atoms with Crippen molar-refractivity contribution in [2.24, 2.45) is 16.6 Å². The standard InChI is InChI=1S/C20H28N2O2S/c1-12(2)6-7-22-20(21)25-11-15-9-19(23)24-18-8-14(5)16(13(3)4)10-17(15)18/h8-10,12-13H,6-7,11H2,1-5H3,(H2,21,22). The lowest BCUT2D eigenvalue weighted by Gasteiger charge is -2.13. The van der Waals surface area contributed by atoms with Crippen molar-refractivity contribution in [2.45, 2.75) is 52.7 Å². The molecule has 0 aliphatic carbocycles. The highest BCUT2D eigenvalue weighted by molar-refractivity contribution is 8.13. The van der Waals surface area contributed by atoms with Gasteiger partial charge in [0.1, 0.15) is 5.58 Å². The molecular weight excluding hydrogens is 332 g/mol. The third kappa shape index (κ3) is 5.36. The molecule has 1 aromatic carbocycles. The number of nitrogens with two attached hydrogens (primary N) is 1. The molecule has 0 radical (unpaired) electrons. The Bertz CT molecular complexity index is 822. The Hall–Kier alpha value is -1.75. The maximum absolute atomic E-state index is 11.9. The second-order valence-corrected chi connectivity index (χ2v) is 8.14. The van der Waals surface area contributed by atoms with E-state index >= 15 is 0 Å². The molecular formula is C20H28N2O2S. The van der Waals surface area contributed by atoms with Crippen LogP contribution in [0.2, 0.25) is 0 Å². The molecule has 0 saturated carbocycles. The minimum Gasteiger partial charge on any atom is -0.423 e. The molecule has 0 atom stereocenters. The number of hydrogen-bond acceptors (Lipinski definition) is 4. The maximum atomic E-state index is 11.9. The quantitative estimate of drug-likeness (QED) is 0.455. The van der Waals surface area contributed by atoms with Crippen molar-refractivity contribution in [2.75, 3.05) is 6.54 Å². The molecule has 0 aliphatic heterocycles. The highest BCUT2D eigenvalue weighted by atomic mass is 32.2. The Balaban J connectivity index is 2.28. The van der Waals surface area contributed by atoms with E-state index in [9.17, 15) is 4.79 Å². The molecule has 4 nitrogen and oxygen atoms in total. The Kier molecular flexibility index (Phi) is 6.71. The van der Waals surface area contributed by atoms with Crippen molar-refractivity contribution in [3.63, 3.8) is 0 Å². The maximum Gasteiger partial charge on any atom is 0.336 e. The molecule has 0 spiro atoms. The van der Waals surface area contributed by atoms with Gasteiger partial charge in [-0.15, -0.1) is 0 Å². The van der Waals surface area contributed by atoms with Gasteiger partial charge in [0.05, 0.1) is 0 Å². The topological polar surface area (TPSA) is 68.6 Å². The van der Waals surface area contributed by atoms with Gasteiger partial charge in [0.2, 0.25) is 0 Å². The summed E-state index contributed by atoms with van der Waals surface area (Å²) in [5.41, 5.74) is 9.68. The lowest BCUT2D eigenvalue weighted by molar-refractivity contribution is 0.559. The van der Waals surface area contributed by atoms with Crippen LogP contribution in [-0.2, 0) is 5.75 Å². The van der Waals surface area contributed by atoms with Crippen molar-refractivity contribution >= 4 is 27.9 Å². The second kappa shape index (κ2) is 8.56. The number of rotatable bonds is 6. The average molecular weight is 361 g/mol. The van der Waals surface area contributed by atoms with Crippen LogP contribution in [0.15, 0.2) is 32.4 Å². The van der Waals surface area contributed by atoms with E-state index in [0.29, 0.717) is 28.3 Å². The summed E-state index contributed by atoms with van der Waals surface area (Å²) in [6.45, 7) is 11.5. The Labute approximate surface area is 153 Å². The summed E-state index contributed by atoms with van der Waals surface area (Å²) in [5.74, 6) is 1.64. The number of amidine groups is 1. The second-order valence-electron chi connectivity index (χ2n) is 7.14. The van der Waals surface area contributed by atoms with Gasteiger partial charge in [-0.3, -0.25) is 4.99 Å². The zero-order chi connectivity index (χ0) is 18.6. The first-order valence-corrected chi connectivity index (χ1v) is 9.76. The van der Waals surface area contributed by atoms with Gasteiger partial charge >= 0.3 is 5.63 Å². The van der Waals surface area contributed by atoms with Gasteiger partial charge in [0, 0.05) is 23.8 Å². The summed E-state index contributed by atoms with van der Waals surface area (Å²) in [7, 11) is 0. The van der Waals surface area contributed by atoms with Crippen molar-refractivity contribution in [1.29, 1.82) is 0 Å². The first kappa shape index (κ1) is 19.6. The summed E-state index contributed by atoms with van der Waals surface area (Å²) >= 11 is 1.47. The molecule has 0 amide bonds. The molecule has 2 aromatic rings. The average Bonchev–Trinajstić information content (AvgIpc) is 2.51. The van der Waals surface area contributed by atoms with Crippen LogP contribution < -0.4 is 11.4 Å². The molecule has 0 fully saturated rings. The Morgan fingerprint density at radius 3 is 2.60 bits per heavy atom. The highest BCUT2D eigenvalue weighted by Gasteiger charge is 2.12. The molecule has 1 heterocycles. The monoisotopic (exact) mass is 360 g/mol. The first-order valence-electron chi connectivity index (χ1n) is 8.78. The number of thioether (sulfide) groups is 1. The zero-order valence-electron chi connectivity index (χ0n) is 15.8. The van der Waals surface area contributed by atoms with Gasteiger partial charge < -0.3 is 10.2 Å². The van der Waals surface area contributed by atoms with Gasteiger partial charge in [0.15, 0.2) is 5.17 Å². The number of hydrogen-bond donors (Lipinski definition) is 1. The van der Waals surface area contributed by atoms with Crippen molar-refractivity contribution < 1.29 is 4.42 Å². The number of aliphatic imine (C=N–C) groups is 1. The molecule has 0 unspecified atom stereocenters. The van der Waals surface area contributed by atoms with Gasteiger partial charge in [-0.25, -0.2) is 4.79 Å². The molecule has 0 bridgehead atoms. The van der Waals surface area contributed by atoms with Crippen LogP contribution in [0.3, 0.4) is 0 Å². The Morgan fingerprint density at radius 2 is 1.96 bits per heavy atom. The third-order valence-electron chi connectivity index (χ3n) is 4.19. The van der Waals surface area contributed by atoms with Gasteiger partial charge in [-0.05, 0) is 54.0 Å². The van der Waals surface area contributed by atoms with E-state index in [1.54, 1.807) is 6.07 Å². The van der Waals surface area contributed by atoms with Crippen molar-refractivity contribution in [3.8, 4) is 0 Å². The van der Waals surface area contributed by atoms with E-state index in [4.69, 9.17) is 10.2 Å². The predicted octanol–water partition coefficient (Wildman–Crippen LogP) is 4.82. The van der Waals surface area contributed by atoms with E-state index in [1.807, 2.05) is 6.07 Å². The molecule has 0 aliphatic rings. The number of fused-ring (bicyclic) bond motifs is 1. The molecule has 0 saturated heterocycles. The summed E-state index contributed by atoms with van der Waals surface area (Å²) in [5, 5.41) is 1.55. The fraction of sp³-hybridized carbons (Fsp3) is 0.500. The van der Waals surface area contributed by atoms with E-state index in [1.165, 1.54) is 17.3 Å². The molecule has 25 heavy (non-hydrogen) atoms. The first-order chi connectivity index (χ1) is 11.8. The van der Waals surface area contributed by atoms with Crippen LogP contribution in [0.1, 0.15) is 56.7 Å². The van der Waals surface area contributed by atoms with Crippen molar-refractivity contribution in [3.05, 3.63) is 45.3 Å². The molecule has 2 N–H and O–H groups in total. The molecule has 2 rings (SSSR count). The minimum absolute atomic E-state index is 0.324. The number of aryl methyl sites for hydroxylation is 1. The van der Waals surface area contributed by atoms with Crippen LogP contribution in [0, 0.1) is 12.8 Å². The number of nitrogens with zero attached hydrogens (tertiary/aromatic N) is 1. The number of benzene rings is 1. The fourth-order valence-electron chi connectivity index (χ4n) is 2.76. The smallest absolute Gasteiger partial charge is 0.336 e. The zero-order valence-corrected chi connectivity index (χ0v) is 16.6. The van der Waals surface area contributed by atoms with E-state index in [-0.39, 0.29) is 5.63 Å². The normalized spacial score (nSPS) is 12.5. The third-order valence-corrected chi connectivity index (χ3v) is 5.07. The molecule has 136 valence electrons.